The SMILES string of the molecule is CC[C@H](NC(=O)Cc1ccc(OC)cc1)c1ccc(OC)cc1. The summed E-state index contributed by atoms with van der Waals surface area (Å²) in [7, 11) is 3.27. The molecule has 0 fully saturated rings. The van der Waals surface area contributed by atoms with Gasteiger partial charge in [-0.3, -0.25) is 4.79 Å². The maximum atomic E-state index is 12.3. The van der Waals surface area contributed by atoms with Gasteiger partial charge < -0.3 is 14.8 Å². The molecule has 2 aromatic carbocycles. The zero-order valence-corrected chi connectivity index (χ0v) is 13.8. The molecule has 4 nitrogen and oxygen atoms in total. The first-order chi connectivity index (χ1) is 11.2. The van der Waals surface area contributed by atoms with Crippen molar-refractivity contribution in [3.63, 3.8) is 0 Å². The van der Waals surface area contributed by atoms with Crippen LogP contribution in [0.15, 0.2) is 48.5 Å². The van der Waals surface area contributed by atoms with Crippen LogP contribution in [0.4, 0.5) is 0 Å². The standard InChI is InChI=1S/C19H23NO3/c1-4-18(15-7-11-17(23-3)12-8-15)20-19(21)13-14-5-9-16(22-2)10-6-14/h5-12,18H,4,13H2,1-3H3,(H,20,21)/t18-/m0/s1. The number of hydrogen-bond acceptors (Lipinski definition) is 3. The summed E-state index contributed by atoms with van der Waals surface area (Å²) in [6.45, 7) is 2.06. The molecule has 2 rings (SSSR count). The molecule has 0 radical (unpaired) electrons. The number of methoxy groups -OCH3 is 2. The van der Waals surface area contributed by atoms with E-state index in [0.717, 1.165) is 29.0 Å². The predicted octanol–water partition coefficient (Wildman–Crippen LogP) is 3.51. The molecule has 1 amide bonds. The quantitative estimate of drug-likeness (QED) is 0.851. The van der Waals surface area contributed by atoms with E-state index in [1.165, 1.54) is 0 Å². The van der Waals surface area contributed by atoms with Gasteiger partial charge in [-0.15, -0.1) is 0 Å². The number of hydrogen-bond donors (Lipinski definition) is 1. The number of ether oxygens (including phenoxy) is 2. The molecule has 0 unspecified atom stereocenters. The smallest absolute Gasteiger partial charge is 0.224 e. The van der Waals surface area contributed by atoms with Crippen molar-refractivity contribution in [3.05, 3.63) is 59.7 Å². The summed E-state index contributed by atoms with van der Waals surface area (Å²) >= 11 is 0. The molecular formula is C19H23NO3. The van der Waals surface area contributed by atoms with Gasteiger partial charge in [-0.05, 0) is 41.8 Å². The van der Waals surface area contributed by atoms with E-state index in [9.17, 15) is 4.79 Å². The zero-order valence-electron chi connectivity index (χ0n) is 13.8. The van der Waals surface area contributed by atoms with Crippen LogP contribution < -0.4 is 14.8 Å². The summed E-state index contributed by atoms with van der Waals surface area (Å²) < 4.78 is 10.3. The predicted molar refractivity (Wildman–Crippen MR) is 90.9 cm³/mol. The van der Waals surface area contributed by atoms with Gasteiger partial charge in [0.1, 0.15) is 11.5 Å². The zero-order chi connectivity index (χ0) is 16.7. The third-order valence-electron chi connectivity index (χ3n) is 3.79. The number of carbonyl (C=O) groups excluding carboxylic acids is 1. The van der Waals surface area contributed by atoms with E-state index in [-0.39, 0.29) is 11.9 Å². The van der Waals surface area contributed by atoms with Gasteiger partial charge >= 0.3 is 0 Å². The Balaban J connectivity index is 1.97. The molecule has 0 aliphatic heterocycles. The Bertz CT molecular complexity index is 620. The third-order valence-corrected chi connectivity index (χ3v) is 3.79. The van der Waals surface area contributed by atoms with E-state index in [0.29, 0.717) is 6.42 Å². The Morgan fingerprint density at radius 3 is 1.96 bits per heavy atom. The molecule has 0 bridgehead atoms. The Labute approximate surface area is 137 Å². The molecule has 4 heteroatoms. The second-order valence-corrected chi connectivity index (χ2v) is 5.33. The van der Waals surface area contributed by atoms with E-state index in [4.69, 9.17) is 9.47 Å². The van der Waals surface area contributed by atoms with Crippen molar-refractivity contribution in [1.82, 2.24) is 5.32 Å². The number of carbonyl (C=O) groups is 1. The van der Waals surface area contributed by atoms with Crippen molar-refractivity contribution in [2.45, 2.75) is 25.8 Å². The minimum absolute atomic E-state index is 0.00616. The first-order valence-electron chi connectivity index (χ1n) is 7.72. The van der Waals surface area contributed by atoms with Gasteiger partial charge in [-0.1, -0.05) is 31.2 Å². The minimum atomic E-state index is 0.00616. The van der Waals surface area contributed by atoms with Crippen molar-refractivity contribution in [2.75, 3.05) is 14.2 Å². The van der Waals surface area contributed by atoms with Crippen LogP contribution in [0.2, 0.25) is 0 Å². The van der Waals surface area contributed by atoms with E-state index < -0.39 is 0 Å². The van der Waals surface area contributed by atoms with Gasteiger partial charge in [0.25, 0.3) is 0 Å². The van der Waals surface area contributed by atoms with Gasteiger partial charge in [0.05, 0.1) is 26.7 Å². The van der Waals surface area contributed by atoms with Crippen LogP contribution in [0, 0.1) is 0 Å². The number of rotatable bonds is 7. The third kappa shape index (κ3) is 4.74. The molecule has 23 heavy (non-hydrogen) atoms. The molecule has 0 aliphatic carbocycles. The van der Waals surface area contributed by atoms with Crippen LogP contribution in [0.5, 0.6) is 11.5 Å². The lowest BCUT2D eigenvalue weighted by Crippen LogP contribution is -2.29. The van der Waals surface area contributed by atoms with Crippen molar-refractivity contribution in [1.29, 1.82) is 0 Å². The van der Waals surface area contributed by atoms with Gasteiger partial charge in [-0.2, -0.15) is 0 Å². The summed E-state index contributed by atoms with van der Waals surface area (Å²) in [5.74, 6) is 1.62. The maximum absolute atomic E-state index is 12.3. The molecule has 0 saturated heterocycles. The van der Waals surface area contributed by atoms with Crippen LogP contribution >= 0.6 is 0 Å². The van der Waals surface area contributed by atoms with Crippen LogP contribution in [0.3, 0.4) is 0 Å². The fourth-order valence-corrected chi connectivity index (χ4v) is 2.43. The van der Waals surface area contributed by atoms with E-state index in [2.05, 4.69) is 12.2 Å². The van der Waals surface area contributed by atoms with Crippen LogP contribution in [-0.4, -0.2) is 20.1 Å². The Hall–Kier alpha value is -2.49. The van der Waals surface area contributed by atoms with E-state index >= 15 is 0 Å². The van der Waals surface area contributed by atoms with Gasteiger partial charge in [0.15, 0.2) is 0 Å². The minimum Gasteiger partial charge on any atom is -0.497 e. The molecule has 0 spiro atoms. The Morgan fingerprint density at radius 1 is 0.957 bits per heavy atom. The van der Waals surface area contributed by atoms with E-state index in [1.54, 1.807) is 14.2 Å². The molecule has 122 valence electrons. The largest absolute Gasteiger partial charge is 0.497 e. The second kappa shape index (κ2) is 8.22. The molecule has 0 aliphatic rings. The lowest BCUT2D eigenvalue weighted by molar-refractivity contribution is -0.121. The van der Waals surface area contributed by atoms with Crippen molar-refractivity contribution < 1.29 is 14.3 Å². The Morgan fingerprint density at radius 2 is 1.48 bits per heavy atom. The highest BCUT2D eigenvalue weighted by atomic mass is 16.5. The van der Waals surface area contributed by atoms with Crippen LogP contribution in [0.25, 0.3) is 0 Å². The summed E-state index contributed by atoms with van der Waals surface area (Å²) in [6.07, 6.45) is 1.19. The summed E-state index contributed by atoms with van der Waals surface area (Å²) in [6, 6.07) is 15.3. The number of amides is 1. The lowest BCUT2D eigenvalue weighted by Gasteiger charge is -2.18. The van der Waals surface area contributed by atoms with Crippen LogP contribution in [-0.2, 0) is 11.2 Å². The molecule has 0 heterocycles. The summed E-state index contributed by atoms with van der Waals surface area (Å²) in [4.78, 5) is 12.3. The maximum Gasteiger partial charge on any atom is 0.224 e. The summed E-state index contributed by atoms with van der Waals surface area (Å²) in [5.41, 5.74) is 2.05. The molecule has 1 N–H and O–H groups in total. The second-order valence-electron chi connectivity index (χ2n) is 5.33. The summed E-state index contributed by atoms with van der Waals surface area (Å²) in [5, 5.41) is 3.09. The highest BCUT2D eigenvalue weighted by molar-refractivity contribution is 5.79. The van der Waals surface area contributed by atoms with Gasteiger partial charge in [-0.25, -0.2) is 0 Å². The molecule has 0 aromatic heterocycles. The monoisotopic (exact) mass is 313 g/mol. The highest BCUT2D eigenvalue weighted by Gasteiger charge is 2.13. The Kier molecular flexibility index (Phi) is 6.03. The molecule has 0 saturated carbocycles. The normalized spacial score (nSPS) is 11.6. The highest BCUT2D eigenvalue weighted by Crippen LogP contribution is 2.20. The van der Waals surface area contributed by atoms with Gasteiger partial charge in [0.2, 0.25) is 5.91 Å². The first-order valence-corrected chi connectivity index (χ1v) is 7.72. The average molecular weight is 313 g/mol. The average Bonchev–Trinajstić information content (AvgIpc) is 2.60. The number of nitrogens with one attached hydrogen (secondary N) is 1. The van der Waals surface area contributed by atoms with E-state index in [1.807, 2.05) is 48.5 Å². The molecule has 2 aromatic rings. The molecule has 1 atom stereocenters. The fourth-order valence-electron chi connectivity index (χ4n) is 2.43. The van der Waals surface area contributed by atoms with Crippen molar-refractivity contribution in [2.24, 2.45) is 0 Å². The fraction of sp³-hybridized carbons (Fsp3) is 0.316. The van der Waals surface area contributed by atoms with Crippen LogP contribution in [0.1, 0.15) is 30.5 Å². The topological polar surface area (TPSA) is 47.6 Å². The number of benzene rings is 2. The van der Waals surface area contributed by atoms with Gasteiger partial charge in [0, 0.05) is 0 Å². The van der Waals surface area contributed by atoms with Crippen molar-refractivity contribution in [3.8, 4) is 11.5 Å². The first kappa shape index (κ1) is 16.9. The lowest BCUT2D eigenvalue weighted by atomic mass is 10.0. The van der Waals surface area contributed by atoms with Crippen molar-refractivity contribution >= 4 is 5.91 Å². The molecular weight excluding hydrogens is 290 g/mol.